The van der Waals surface area contributed by atoms with E-state index in [2.05, 4.69) is 16.0 Å². The van der Waals surface area contributed by atoms with Gasteiger partial charge in [0.2, 0.25) is 5.91 Å². The molecular formula is C22H32N4O2. The molecule has 28 heavy (non-hydrogen) atoms. The fraction of sp³-hybridized carbons (Fsp3) is 0.636. The lowest BCUT2D eigenvalue weighted by Crippen LogP contribution is -2.61. The van der Waals surface area contributed by atoms with Crippen molar-refractivity contribution < 1.29 is 9.59 Å². The molecule has 3 N–H and O–H groups in total. The molecule has 1 aromatic carbocycles. The van der Waals surface area contributed by atoms with Crippen LogP contribution in [0, 0.1) is 0 Å². The van der Waals surface area contributed by atoms with E-state index in [0.717, 1.165) is 50.1 Å². The highest BCUT2D eigenvalue weighted by Gasteiger charge is 2.46. The summed E-state index contributed by atoms with van der Waals surface area (Å²) in [5.41, 5.74) is 1.34. The maximum atomic E-state index is 13.4. The summed E-state index contributed by atoms with van der Waals surface area (Å²) in [5, 5.41) is 10.1. The Morgan fingerprint density at radius 3 is 2.57 bits per heavy atom. The van der Waals surface area contributed by atoms with E-state index in [0.29, 0.717) is 19.0 Å². The lowest BCUT2D eigenvalue weighted by atomic mass is 9.84. The van der Waals surface area contributed by atoms with Crippen molar-refractivity contribution >= 4 is 23.2 Å². The number of rotatable bonds is 4. The molecule has 1 saturated heterocycles. The first kappa shape index (κ1) is 19.2. The van der Waals surface area contributed by atoms with Crippen LogP contribution in [0.5, 0.6) is 0 Å². The maximum absolute atomic E-state index is 13.4. The monoisotopic (exact) mass is 384 g/mol. The van der Waals surface area contributed by atoms with Gasteiger partial charge in [-0.15, -0.1) is 0 Å². The average molecular weight is 385 g/mol. The normalized spacial score (nSPS) is 22.3. The van der Waals surface area contributed by atoms with Crippen LogP contribution in [-0.2, 0) is 9.59 Å². The van der Waals surface area contributed by atoms with Crippen LogP contribution in [0.1, 0.15) is 57.8 Å². The summed E-state index contributed by atoms with van der Waals surface area (Å²) in [6.45, 7) is 2.10. The van der Waals surface area contributed by atoms with E-state index in [1.54, 1.807) is 0 Å². The fourth-order valence-corrected chi connectivity index (χ4v) is 4.85. The van der Waals surface area contributed by atoms with Crippen molar-refractivity contribution in [1.29, 1.82) is 0 Å². The Labute approximate surface area is 167 Å². The third-order valence-corrected chi connectivity index (χ3v) is 6.46. The first-order valence-electron chi connectivity index (χ1n) is 10.9. The van der Waals surface area contributed by atoms with Crippen molar-refractivity contribution in [3.63, 3.8) is 0 Å². The number of anilines is 2. The third-order valence-electron chi connectivity index (χ3n) is 6.46. The van der Waals surface area contributed by atoms with Crippen molar-refractivity contribution in [3.05, 3.63) is 24.3 Å². The zero-order chi connectivity index (χ0) is 19.4. The van der Waals surface area contributed by atoms with E-state index in [1.807, 2.05) is 29.2 Å². The maximum Gasteiger partial charge on any atom is 0.252 e. The highest BCUT2D eigenvalue weighted by molar-refractivity contribution is 6.08. The summed E-state index contributed by atoms with van der Waals surface area (Å²) in [6, 6.07) is 8.25. The van der Waals surface area contributed by atoms with Crippen molar-refractivity contribution in [3.8, 4) is 0 Å². The Morgan fingerprint density at radius 2 is 1.82 bits per heavy atom. The Balaban J connectivity index is 1.44. The molecule has 2 amide bonds. The van der Waals surface area contributed by atoms with Crippen LogP contribution in [0.15, 0.2) is 24.3 Å². The van der Waals surface area contributed by atoms with Gasteiger partial charge in [-0.1, -0.05) is 37.8 Å². The van der Waals surface area contributed by atoms with Gasteiger partial charge >= 0.3 is 0 Å². The molecule has 2 aliphatic heterocycles. The molecule has 2 heterocycles. The predicted octanol–water partition coefficient (Wildman–Crippen LogP) is 2.80. The standard InChI is InChI=1S/C22H32N4O2/c27-20(24-17-7-3-1-2-4-8-17)11-16-26-19-10-6-5-9-18(19)25-22(21(26)28)12-14-23-15-13-22/h5-6,9-10,17,23,25H,1-4,7-8,11-16H2,(H,24,27). The van der Waals surface area contributed by atoms with Gasteiger partial charge in [0, 0.05) is 19.0 Å². The van der Waals surface area contributed by atoms with E-state index in [-0.39, 0.29) is 11.8 Å². The fourth-order valence-electron chi connectivity index (χ4n) is 4.85. The molecule has 152 valence electrons. The van der Waals surface area contributed by atoms with Crippen LogP contribution in [0.2, 0.25) is 0 Å². The van der Waals surface area contributed by atoms with Crippen LogP contribution >= 0.6 is 0 Å². The smallest absolute Gasteiger partial charge is 0.252 e. The van der Waals surface area contributed by atoms with Crippen LogP contribution < -0.4 is 20.9 Å². The molecule has 0 bridgehead atoms. The zero-order valence-electron chi connectivity index (χ0n) is 16.6. The summed E-state index contributed by atoms with van der Waals surface area (Å²) >= 11 is 0. The first-order valence-corrected chi connectivity index (χ1v) is 10.9. The summed E-state index contributed by atoms with van der Waals surface area (Å²) in [7, 11) is 0. The van der Waals surface area contributed by atoms with E-state index < -0.39 is 5.54 Å². The van der Waals surface area contributed by atoms with Crippen LogP contribution in [0.25, 0.3) is 0 Å². The lowest BCUT2D eigenvalue weighted by molar-refractivity contribution is -0.124. The molecule has 0 atom stereocenters. The third kappa shape index (κ3) is 4.02. The summed E-state index contributed by atoms with van der Waals surface area (Å²) in [4.78, 5) is 27.8. The lowest BCUT2D eigenvalue weighted by Gasteiger charge is -2.46. The second kappa shape index (κ2) is 8.52. The minimum absolute atomic E-state index is 0.0649. The molecule has 1 aliphatic carbocycles. The SMILES string of the molecule is O=C(CCN1C(=O)C2(CCNCC2)Nc2ccccc21)NC1CCCCCC1. The number of piperidine rings is 1. The number of benzene rings is 1. The number of nitrogens with zero attached hydrogens (tertiary/aromatic N) is 1. The van der Waals surface area contributed by atoms with Gasteiger partial charge in [-0.25, -0.2) is 0 Å². The molecule has 3 aliphatic rings. The predicted molar refractivity (Wildman–Crippen MR) is 112 cm³/mol. The van der Waals surface area contributed by atoms with Gasteiger partial charge in [0.05, 0.1) is 11.4 Å². The van der Waals surface area contributed by atoms with E-state index in [9.17, 15) is 9.59 Å². The quantitative estimate of drug-likeness (QED) is 0.698. The van der Waals surface area contributed by atoms with Gasteiger partial charge in [0.1, 0.15) is 5.54 Å². The van der Waals surface area contributed by atoms with E-state index in [1.165, 1.54) is 25.7 Å². The number of fused-ring (bicyclic) bond motifs is 1. The number of amides is 2. The molecule has 0 aromatic heterocycles. The number of hydrogen-bond donors (Lipinski definition) is 3. The first-order chi connectivity index (χ1) is 13.7. The minimum atomic E-state index is -0.544. The summed E-state index contributed by atoms with van der Waals surface area (Å²) < 4.78 is 0. The Kier molecular flexibility index (Phi) is 5.85. The van der Waals surface area contributed by atoms with Crippen LogP contribution in [0.3, 0.4) is 0 Å². The molecule has 0 radical (unpaired) electrons. The number of carbonyl (C=O) groups excluding carboxylic acids is 2. The average Bonchev–Trinajstić information content (AvgIpc) is 2.98. The summed E-state index contributed by atoms with van der Waals surface area (Å²) in [5.74, 6) is 0.171. The van der Waals surface area contributed by atoms with Crippen molar-refractivity contribution in [2.45, 2.75) is 69.4 Å². The van der Waals surface area contributed by atoms with Gasteiger partial charge in [-0.2, -0.15) is 0 Å². The Bertz CT molecular complexity index is 706. The number of para-hydroxylation sites is 2. The molecule has 2 fully saturated rings. The molecular weight excluding hydrogens is 352 g/mol. The molecule has 4 rings (SSSR count). The van der Waals surface area contributed by atoms with Gasteiger partial charge in [-0.05, 0) is 50.9 Å². The second-order valence-electron chi connectivity index (χ2n) is 8.44. The van der Waals surface area contributed by atoms with Crippen molar-refractivity contribution in [2.24, 2.45) is 0 Å². The molecule has 0 unspecified atom stereocenters. The van der Waals surface area contributed by atoms with Gasteiger partial charge in [0.15, 0.2) is 0 Å². The second-order valence-corrected chi connectivity index (χ2v) is 8.44. The van der Waals surface area contributed by atoms with Crippen LogP contribution in [-0.4, -0.2) is 43.0 Å². The Hall–Kier alpha value is -2.08. The van der Waals surface area contributed by atoms with Gasteiger partial charge in [-0.3, -0.25) is 9.59 Å². The van der Waals surface area contributed by atoms with Crippen LogP contribution in [0.4, 0.5) is 11.4 Å². The molecule has 1 saturated carbocycles. The van der Waals surface area contributed by atoms with Gasteiger partial charge in [0.25, 0.3) is 5.91 Å². The van der Waals surface area contributed by atoms with Gasteiger partial charge < -0.3 is 20.9 Å². The van der Waals surface area contributed by atoms with Crippen molar-refractivity contribution in [1.82, 2.24) is 10.6 Å². The Morgan fingerprint density at radius 1 is 1.11 bits per heavy atom. The molecule has 6 heteroatoms. The highest BCUT2D eigenvalue weighted by atomic mass is 16.2. The molecule has 1 aromatic rings. The van der Waals surface area contributed by atoms with E-state index in [4.69, 9.17) is 0 Å². The topological polar surface area (TPSA) is 73.5 Å². The number of hydrogen-bond acceptors (Lipinski definition) is 4. The number of nitrogens with one attached hydrogen (secondary N) is 3. The highest BCUT2D eigenvalue weighted by Crippen LogP contribution is 2.38. The minimum Gasteiger partial charge on any atom is -0.369 e. The number of carbonyl (C=O) groups is 2. The molecule has 1 spiro atoms. The molecule has 6 nitrogen and oxygen atoms in total. The summed E-state index contributed by atoms with van der Waals surface area (Å²) in [6.07, 6.45) is 9.00. The largest absolute Gasteiger partial charge is 0.369 e. The van der Waals surface area contributed by atoms with E-state index >= 15 is 0 Å². The van der Waals surface area contributed by atoms with Crippen molar-refractivity contribution in [2.75, 3.05) is 29.9 Å². The zero-order valence-corrected chi connectivity index (χ0v) is 16.6.